The second-order valence-corrected chi connectivity index (χ2v) is 8.29. The molecule has 3 N–H and O–H groups in total. The van der Waals surface area contributed by atoms with Crippen LogP contribution in [0.2, 0.25) is 0 Å². The molecule has 1 aliphatic carbocycles. The summed E-state index contributed by atoms with van der Waals surface area (Å²) >= 11 is 0. The molecule has 3 aromatic rings. The van der Waals surface area contributed by atoms with E-state index >= 15 is 0 Å². The van der Waals surface area contributed by atoms with Crippen LogP contribution in [-0.2, 0) is 16.0 Å². The number of hydrogen-bond acceptors (Lipinski definition) is 6. The van der Waals surface area contributed by atoms with Crippen LogP contribution in [0.15, 0.2) is 66.3 Å². The molecule has 0 bridgehead atoms. The van der Waals surface area contributed by atoms with Gasteiger partial charge in [-0.15, -0.1) is 0 Å². The number of carboxylic acid groups (broad SMARTS) is 1. The highest BCUT2D eigenvalue weighted by Crippen LogP contribution is 2.28. The summed E-state index contributed by atoms with van der Waals surface area (Å²) in [5.74, 6) is -0.0110. The summed E-state index contributed by atoms with van der Waals surface area (Å²) in [6, 6.07) is 10.7. The fourth-order valence-corrected chi connectivity index (χ4v) is 4.12. The van der Waals surface area contributed by atoms with Crippen molar-refractivity contribution in [2.24, 2.45) is 5.92 Å². The summed E-state index contributed by atoms with van der Waals surface area (Å²) in [7, 11) is 0. The van der Waals surface area contributed by atoms with Crippen LogP contribution in [0.5, 0.6) is 0 Å². The molecule has 0 fully saturated rings. The number of benzene rings is 1. The van der Waals surface area contributed by atoms with Gasteiger partial charge in [-0.1, -0.05) is 26.0 Å². The van der Waals surface area contributed by atoms with E-state index in [9.17, 15) is 14.7 Å². The molecular formula is C25H26N4O3. The zero-order valence-corrected chi connectivity index (χ0v) is 18.1. The highest BCUT2D eigenvalue weighted by molar-refractivity contribution is 5.99. The van der Waals surface area contributed by atoms with Gasteiger partial charge in [-0.3, -0.25) is 9.78 Å². The van der Waals surface area contributed by atoms with E-state index in [-0.39, 0.29) is 11.7 Å². The van der Waals surface area contributed by atoms with E-state index in [1.165, 1.54) is 0 Å². The number of hydrogen-bond donors (Lipinski definition) is 3. The molecule has 1 aliphatic rings. The van der Waals surface area contributed by atoms with Crippen molar-refractivity contribution in [2.45, 2.75) is 39.2 Å². The van der Waals surface area contributed by atoms with Gasteiger partial charge in [0.05, 0.1) is 0 Å². The van der Waals surface area contributed by atoms with Gasteiger partial charge in [0, 0.05) is 59.2 Å². The maximum absolute atomic E-state index is 12.1. The topological polar surface area (TPSA) is 104 Å². The van der Waals surface area contributed by atoms with Crippen molar-refractivity contribution in [3.63, 3.8) is 0 Å². The fourth-order valence-electron chi connectivity index (χ4n) is 4.12. The summed E-state index contributed by atoms with van der Waals surface area (Å²) in [5, 5.41) is 18.2. The Morgan fingerprint density at radius 3 is 2.59 bits per heavy atom. The molecule has 7 nitrogen and oxygen atoms in total. The number of carboxylic acids is 1. The molecule has 1 aromatic carbocycles. The third kappa shape index (κ3) is 4.61. The van der Waals surface area contributed by atoms with Crippen molar-refractivity contribution in [1.82, 2.24) is 15.3 Å². The van der Waals surface area contributed by atoms with Gasteiger partial charge in [0.25, 0.3) is 0 Å². The molecule has 0 aliphatic heterocycles. The van der Waals surface area contributed by atoms with Crippen LogP contribution in [0.1, 0.15) is 32.3 Å². The Hall–Kier alpha value is -3.74. The second-order valence-electron chi connectivity index (χ2n) is 8.29. The largest absolute Gasteiger partial charge is 0.480 e. The number of nitrogens with one attached hydrogen (secondary N) is 2. The Bertz CT molecular complexity index is 1180. The highest BCUT2D eigenvalue weighted by Gasteiger charge is 2.28. The Morgan fingerprint density at radius 1 is 1.09 bits per heavy atom. The van der Waals surface area contributed by atoms with Crippen molar-refractivity contribution in [2.75, 3.05) is 5.32 Å². The number of aromatic nitrogens is 2. The fraction of sp³-hybridized carbons (Fsp3) is 0.280. The van der Waals surface area contributed by atoms with Gasteiger partial charge in [-0.2, -0.15) is 0 Å². The van der Waals surface area contributed by atoms with E-state index in [1.54, 1.807) is 18.6 Å². The number of carbonyl (C=O) groups excluding carboxylic acids is 1. The molecule has 0 saturated heterocycles. The lowest BCUT2D eigenvalue weighted by molar-refractivity contribution is -0.139. The summed E-state index contributed by atoms with van der Waals surface area (Å²) in [5.41, 5.74) is 3.25. The van der Waals surface area contributed by atoms with E-state index in [0.717, 1.165) is 39.1 Å². The lowest BCUT2D eigenvalue weighted by Crippen LogP contribution is -2.38. The molecule has 0 unspecified atom stereocenters. The molecule has 7 heteroatoms. The van der Waals surface area contributed by atoms with Crippen LogP contribution in [-0.4, -0.2) is 32.9 Å². The zero-order valence-electron chi connectivity index (χ0n) is 18.1. The van der Waals surface area contributed by atoms with Crippen molar-refractivity contribution >= 4 is 34.0 Å². The van der Waals surface area contributed by atoms with Crippen LogP contribution >= 0.6 is 0 Å². The number of aliphatic carboxylic acids is 1. The molecule has 4 rings (SSSR count). The molecule has 32 heavy (non-hydrogen) atoms. The number of ketones is 1. The molecule has 0 spiro atoms. The number of pyridine rings is 2. The number of anilines is 2. The maximum Gasteiger partial charge on any atom is 0.326 e. The Labute approximate surface area is 186 Å². The minimum absolute atomic E-state index is 0.0748. The van der Waals surface area contributed by atoms with E-state index in [2.05, 4.69) is 20.6 Å². The van der Waals surface area contributed by atoms with Gasteiger partial charge in [-0.25, -0.2) is 9.78 Å². The third-order valence-corrected chi connectivity index (χ3v) is 5.67. The number of fused-ring (bicyclic) bond motifs is 1. The van der Waals surface area contributed by atoms with Crippen LogP contribution in [0.25, 0.3) is 10.8 Å². The first-order chi connectivity index (χ1) is 15.4. The first kappa shape index (κ1) is 21.5. The average Bonchev–Trinajstić information content (AvgIpc) is 3.15. The van der Waals surface area contributed by atoms with E-state index < -0.39 is 12.0 Å². The molecule has 1 atom stereocenters. The van der Waals surface area contributed by atoms with Gasteiger partial charge in [0.1, 0.15) is 11.9 Å². The predicted octanol–water partition coefficient (Wildman–Crippen LogP) is 4.23. The van der Waals surface area contributed by atoms with Crippen LogP contribution < -0.4 is 10.6 Å². The summed E-state index contributed by atoms with van der Waals surface area (Å²) in [4.78, 5) is 32.6. The van der Waals surface area contributed by atoms with E-state index in [4.69, 9.17) is 0 Å². The van der Waals surface area contributed by atoms with Crippen LogP contribution in [0.3, 0.4) is 0 Å². The quantitative estimate of drug-likeness (QED) is 0.491. The van der Waals surface area contributed by atoms with Gasteiger partial charge < -0.3 is 15.7 Å². The second kappa shape index (κ2) is 9.18. The van der Waals surface area contributed by atoms with Crippen LogP contribution in [0.4, 0.5) is 11.5 Å². The normalized spacial score (nSPS) is 14.8. The number of rotatable bonds is 8. The summed E-state index contributed by atoms with van der Waals surface area (Å²) in [6.45, 7) is 3.92. The monoisotopic (exact) mass is 430 g/mol. The smallest absolute Gasteiger partial charge is 0.326 e. The summed E-state index contributed by atoms with van der Waals surface area (Å²) in [6.07, 6.45) is 6.60. The Kier molecular flexibility index (Phi) is 6.16. The molecule has 2 heterocycles. The maximum atomic E-state index is 12.1. The first-order valence-electron chi connectivity index (χ1n) is 10.7. The van der Waals surface area contributed by atoms with Crippen molar-refractivity contribution in [1.29, 1.82) is 0 Å². The third-order valence-electron chi connectivity index (χ3n) is 5.67. The van der Waals surface area contributed by atoms with Crippen molar-refractivity contribution < 1.29 is 14.7 Å². The van der Waals surface area contributed by atoms with Crippen molar-refractivity contribution in [3.8, 4) is 0 Å². The van der Waals surface area contributed by atoms with Gasteiger partial charge in [-0.05, 0) is 42.2 Å². The van der Waals surface area contributed by atoms with Crippen LogP contribution in [0, 0.1) is 5.92 Å². The van der Waals surface area contributed by atoms with E-state index in [0.29, 0.717) is 19.3 Å². The highest BCUT2D eigenvalue weighted by atomic mass is 16.4. The Morgan fingerprint density at radius 2 is 1.88 bits per heavy atom. The molecule has 0 amide bonds. The molecule has 2 aromatic heterocycles. The molecule has 0 saturated carbocycles. The molecule has 164 valence electrons. The lowest BCUT2D eigenvalue weighted by Gasteiger charge is -2.19. The minimum Gasteiger partial charge on any atom is -0.480 e. The standard InChI is InChI=1S/C25H26N4O3/c1-15(2)23-20(7-8-22(23)30)29-21(25(31)32)13-16-3-5-18(6-4-16)28-24-19-10-11-26-14-17(19)9-12-27-24/h3-6,9-12,14-15,21,29H,7-8,13H2,1-2H3,(H,27,28)(H,31,32)/t21-/m0/s1. The number of nitrogens with zero attached hydrogens (tertiary/aromatic N) is 2. The zero-order chi connectivity index (χ0) is 22.7. The average molecular weight is 431 g/mol. The van der Waals surface area contributed by atoms with Gasteiger partial charge >= 0.3 is 5.97 Å². The van der Waals surface area contributed by atoms with Gasteiger partial charge in [0.15, 0.2) is 5.78 Å². The lowest BCUT2D eigenvalue weighted by atomic mass is 10.00. The first-order valence-corrected chi connectivity index (χ1v) is 10.7. The predicted molar refractivity (Wildman–Crippen MR) is 124 cm³/mol. The minimum atomic E-state index is -0.935. The SMILES string of the molecule is CC(C)C1=C(N[C@@H](Cc2ccc(Nc3nccc4cnccc34)cc2)C(=O)O)CCC1=O. The number of allylic oxidation sites excluding steroid dienone is 2. The summed E-state index contributed by atoms with van der Waals surface area (Å²) < 4.78 is 0. The van der Waals surface area contributed by atoms with Crippen molar-refractivity contribution in [3.05, 3.63) is 71.8 Å². The van der Waals surface area contributed by atoms with Gasteiger partial charge in [0.2, 0.25) is 0 Å². The number of Topliss-reactive ketones (excluding diaryl/α,β-unsaturated/α-hetero) is 1. The molecule has 0 radical (unpaired) electrons. The Balaban J connectivity index is 1.48. The molecular weight excluding hydrogens is 404 g/mol. The number of carbonyl (C=O) groups is 2. The van der Waals surface area contributed by atoms with E-state index in [1.807, 2.05) is 50.2 Å².